The number of hydrogen-bond donors (Lipinski definition) is 0. The average molecular weight is 334 g/mol. The molecule has 1 heterocycles. The molecule has 0 saturated carbocycles. The summed E-state index contributed by atoms with van der Waals surface area (Å²) < 4.78 is 46.3. The van der Waals surface area contributed by atoms with Gasteiger partial charge in [-0.05, 0) is 24.4 Å². The lowest BCUT2D eigenvalue weighted by atomic mass is 10.2. The predicted molar refractivity (Wildman–Crippen MR) is 81.4 cm³/mol. The standard InChI is InChI=1S/C14H17F3N2O2S/c1-20-12-5-3-2-4-11(12)18-6-8-19(9-7-18)13(22)21-10-14(15,16)17/h2-5H,6-10H2,1H3. The fraction of sp³-hybridized carbons (Fsp3) is 0.500. The highest BCUT2D eigenvalue weighted by Gasteiger charge is 2.30. The summed E-state index contributed by atoms with van der Waals surface area (Å²) in [7, 11) is 1.61. The molecule has 4 nitrogen and oxygen atoms in total. The van der Waals surface area contributed by atoms with Gasteiger partial charge in [-0.15, -0.1) is 0 Å². The van der Waals surface area contributed by atoms with Gasteiger partial charge in [0.1, 0.15) is 5.75 Å². The van der Waals surface area contributed by atoms with Crippen LogP contribution >= 0.6 is 12.2 Å². The number of para-hydroxylation sites is 2. The van der Waals surface area contributed by atoms with Crippen molar-refractivity contribution in [3.05, 3.63) is 24.3 Å². The molecule has 122 valence electrons. The number of methoxy groups -OCH3 is 1. The molecule has 0 unspecified atom stereocenters. The summed E-state index contributed by atoms with van der Waals surface area (Å²) >= 11 is 4.91. The van der Waals surface area contributed by atoms with Crippen molar-refractivity contribution in [1.29, 1.82) is 0 Å². The number of anilines is 1. The number of piperazine rings is 1. The van der Waals surface area contributed by atoms with Gasteiger partial charge in [-0.1, -0.05) is 12.1 Å². The number of benzene rings is 1. The molecule has 22 heavy (non-hydrogen) atoms. The molecule has 1 aromatic carbocycles. The molecule has 0 aliphatic carbocycles. The summed E-state index contributed by atoms with van der Waals surface area (Å²) in [5, 5.41) is -0.1000. The van der Waals surface area contributed by atoms with E-state index in [2.05, 4.69) is 9.64 Å². The molecule has 0 spiro atoms. The van der Waals surface area contributed by atoms with Gasteiger partial charge in [0.15, 0.2) is 6.61 Å². The van der Waals surface area contributed by atoms with E-state index in [1.807, 2.05) is 24.3 Å². The highest BCUT2D eigenvalue weighted by atomic mass is 32.1. The van der Waals surface area contributed by atoms with Crippen LogP contribution in [0, 0.1) is 0 Å². The van der Waals surface area contributed by atoms with E-state index in [4.69, 9.17) is 17.0 Å². The Morgan fingerprint density at radius 1 is 1.18 bits per heavy atom. The van der Waals surface area contributed by atoms with Gasteiger partial charge in [-0.2, -0.15) is 13.2 Å². The fourth-order valence-corrected chi connectivity index (χ4v) is 2.50. The van der Waals surface area contributed by atoms with E-state index in [0.717, 1.165) is 11.4 Å². The maximum Gasteiger partial charge on any atom is 0.422 e. The minimum Gasteiger partial charge on any atom is -0.495 e. The van der Waals surface area contributed by atoms with Crippen LogP contribution in [0.3, 0.4) is 0 Å². The highest BCUT2D eigenvalue weighted by molar-refractivity contribution is 7.80. The van der Waals surface area contributed by atoms with E-state index in [9.17, 15) is 13.2 Å². The van der Waals surface area contributed by atoms with Crippen LogP contribution in [0.4, 0.5) is 18.9 Å². The normalized spacial score (nSPS) is 15.6. The van der Waals surface area contributed by atoms with Crippen molar-refractivity contribution in [3.63, 3.8) is 0 Å². The Bertz CT molecular complexity index is 517. The Labute approximate surface area is 132 Å². The second kappa shape index (κ2) is 7.04. The number of halogens is 3. The smallest absolute Gasteiger partial charge is 0.422 e. The first-order chi connectivity index (χ1) is 10.4. The van der Waals surface area contributed by atoms with Gasteiger partial charge >= 0.3 is 6.18 Å². The van der Waals surface area contributed by atoms with E-state index >= 15 is 0 Å². The van der Waals surface area contributed by atoms with Gasteiger partial charge in [-0.25, -0.2) is 0 Å². The minimum absolute atomic E-state index is 0.1000. The number of nitrogens with zero attached hydrogens (tertiary/aromatic N) is 2. The van der Waals surface area contributed by atoms with Crippen molar-refractivity contribution < 1.29 is 22.6 Å². The summed E-state index contributed by atoms with van der Waals surface area (Å²) in [6.45, 7) is 0.938. The van der Waals surface area contributed by atoms with Crippen LogP contribution in [-0.2, 0) is 4.74 Å². The third kappa shape index (κ3) is 4.40. The van der Waals surface area contributed by atoms with E-state index in [1.54, 1.807) is 12.0 Å². The summed E-state index contributed by atoms with van der Waals surface area (Å²) in [4.78, 5) is 3.76. The molecule has 0 aromatic heterocycles. The molecule has 8 heteroatoms. The number of ether oxygens (including phenoxy) is 2. The number of thiocarbonyl (C=S) groups is 1. The summed E-state index contributed by atoms with van der Waals surface area (Å²) in [5.41, 5.74) is 0.965. The van der Waals surface area contributed by atoms with Crippen molar-refractivity contribution in [2.45, 2.75) is 6.18 Å². The monoisotopic (exact) mass is 334 g/mol. The van der Waals surface area contributed by atoms with Crippen LogP contribution in [0.25, 0.3) is 0 Å². The lowest BCUT2D eigenvalue weighted by Crippen LogP contribution is -2.49. The van der Waals surface area contributed by atoms with Gasteiger partial charge in [0.2, 0.25) is 0 Å². The van der Waals surface area contributed by atoms with Crippen molar-refractivity contribution in [1.82, 2.24) is 4.90 Å². The maximum atomic E-state index is 12.1. The summed E-state index contributed by atoms with van der Waals surface area (Å²) in [6, 6.07) is 7.63. The van der Waals surface area contributed by atoms with E-state index in [0.29, 0.717) is 26.2 Å². The molecule has 0 amide bonds. The van der Waals surface area contributed by atoms with Gasteiger partial charge < -0.3 is 19.3 Å². The van der Waals surface area contributed by atoms with Gasteiger partial charge in [0.25, 0.3) is 5.17 Å². The topological polar surface area (TPSA) is 24.9 Å². The lowest BCUT2D eigenvalue weighted by Gasteiger charge is -2.37. The Morgan fingerprint density at radius 3 is 2.41 bits per heavy atom. The molecule has 2 rings (SSSR count). The average Bonchev–Trinajstić information content (AvgIpc) is 2.52. The molecule has 1 fully saturated rings. The number of alkyl halides is 3. The largest absolute Gasteiger partial charge is 0.495 e. The number of rotatable bonds is 3. The van der Waals surface area contributed by atoms with E-state index < -0.39 is 12.8 Å². The SMILES string of the molecule is COc1ccccc1N1CCN(C(=S)OCC(F)(F)F)CC1. The second-order valence-electron chi connectivity index (χ2n) is 4.82. The molecule has 0 atom stereocenters. The van der Waals surface area contributed by atoms with E-state index in [1.165, 1.54) is 0 Å². The molecule has 1 aliphatic rings. The molecule has 1 aliphatic heterocycles. The van der Waals surface area contributed by atoms with Crippen LogP contribution in [0.2, 0.25) is 0 Å². The summed E-state index contributed by atoms with van der Waals surface area (Å²) in [6.07, 6.45) is -4.37. The van der Waals surface area contributed by atoms with Crippen LogP contribution in [0.5, 0.6) is 5.75 Å². The van der Waals surface area contributed by atoms with Crippen molar-refractivity contribution in [2.24, 2.45) is 0 Å². The van der Waals surface area contributed by atoms with Gasteiger partial charge in [0.05, 0.1) is 12.8 Å². The van der Waals surface area contributed by atoms with Crippen LogP contribution in [-0.4, -0.2) is 56.1 Å². The predicted octanol–water partition coefficient (Wildman–Crippen LogP) is 2.68. The molecule has 0 radical (unpaired) electrons. The molecular weight excluding hydrogens is 317 g/mol. The molecule has 1 aromatic rings. The Hall–Kier alpha value is -1.70. The molecule has 1 saturated heterocycles. The quantitative estimate of drug-likeness (QED) is 0.792. The van der Waals surface area contributed by atoms with E-state index in [-0.39, 0.29) is 5.17 Å². The van der Waals surface area contributed by atoms with Crippen LogP contribution < -0.4 is 9.64 Å². The first kappa shape index (κ1) is 16.7. The van der Waals surface area contributed by atoms with Crippen LogP contribution in [0.15, 0.2) is 24.3 Å². The zero-order chi connectivity index (χ0) is 16.2. The van der Waals surface area contributed by atoms with Gasteiger partial charge in [0, 0.05) is 26.2 Å². The molecule has 0 N–H and O–H groups in total. The first-order valence-corrected chi connectivity index (χ1v) is 7.18. The zero-order valence-corrected chi connectivity index (χ0v) is 12.9. The third-order valence-corrected chi connectivity index (χ3v) is 3.70. The minimum atomic E-state index is -4.37. The molecular formula is C14H17F3N2O2S. The Kier molecular flexibility index (Phi) is 5.33. The third-order valence-electron chi connectivity index (χ3n) is 3.32. The molecule has 0 bridgehead atoms. The summed E-state index contributed by atoms with van der Waals surface area (Å²) in [5.74, 6) is 0.770. The highest BCUT2D eigenvalue weighted by Crippen LogP contribution is 2.28. The fourth-order valence-electron chi connectivity index (χ4n) is 2.26. The van der Waals surface area contributed by atoms with Crippen LogP contribution in [0.1, 0.15) is 0 Å². The van der Waals surface area contributed by atoms with Crippen molar-refractivity contribution >= 4 is 23.1 Å². The Balaban J connectivity index is 1.89. The second-order valence-corrected chi connectivity index (χ2v) is 5.16. The number of hydrogen-bond acceptors (Lipinski definition) is 4. The Morgan fingerprint density at radius 2 is 1.82 bits per heavy atom. The van der Waals surface area contributed by atoms with Gasteiger partial charge in [-0.3, -0.25) is 0 Å². The van der Waals surface area contributed by atoms with Crippen molar-refractivity contribution in [2.75, 3.05) is 44.8 Å². The zero-order valence-electron chi connectivity index (χ0n) is 12.1. The van der Waals surface area contributed by atoms with Crippen molar-refractivity contribution in [3.8, 4) is 5.75 Å². The first-order valence-electron chi connectivity index (χ1n) is 6.77. The lowest BCUT2D eigenvalue weighted by molar-refractivity contribution is -0.157. The maximum absolute atomic E-state index is 12.1.